The number of nitrogens with zero attached hydrogens (tertiary/aromatic N) is 4. The van der Waals surface area contributed by atoms with Crippen molar-refractivity contribution in [2.24, 2.45) is 7.05 Å². The van der Waals surface area contributed by atoms with Crippen molar-refractivity contribution in [2.45, 2.75) is 32.4 Å². The van der Waals surface area contributed by atoms with E-state index in [1.165, 1.54) is 17.2 Å². The third kappa shape index (κ3) is 4.87. The van der Waals surface area contributed by atoms with Gasteiger partial charge in [-0.1, -0.05) is 43.7 Å². The van der Waals surface area contributed by atoms with Crippen LogP contribution in [0.15, 0.2) is 47.7 Å². The maximum atomic E-state index is 12.4. The van der Waals surface area contributed by atoms with Gasteiger partial charge in [0.2, 0.25) is 0 Å². The van der Waals surface area contributed by atoms with Gasteiger partial charge in [-0.3, -0.25) is 23.6 Å². The van der Waals surface area contributed by atoms with E-state index in [-0.39, 0.29) is 12.6 Å². The van der Waals surface area contributed by atoms with Gasteiger partial charge in [-0.05, 0) is 12.0 Å². The minimum absolute atomic E-state index is 0.146. The van der Waals surface area contributed by atoms with Crippen LogP contribution in [0, 0.1) is 0 Å². The highest BCUT2D eigenvalue weighted by Gasteiger charge is 2.16. The zero-order chi connectivity index (χ0) is 20.8. The number of carbonyl (C=O) groups is 2. The number of ether oxygens (including phenoxy) is 1. The van der Waals surface area contributed by atoms with E-state index in [4.69, 9.17) is 4.74 Å². The number of aromatic nitrogens is 4. The molecule has 0 saturated heterocycles. The highest BCUT2D eigenvalue weighted by atomic mass is 16.5. The van der Waals surface area contributed by atoms with E-state index in [1.54, 1.807) is 7.05 Å². The predicted octanol–water partition coefficient (Wildman–Crippen LogP) is 1.33. The van der Waals surface area contributed by atoms with Crippen molar-refractivity contribution in [3.05, 3.63) is 58.8 Å². The Morgan fingerprint density at radius 2 is 2.00 bits per heavy atom. The van der Waals surface area contributed by atoms with Gasteiger partial charge in [-0.25, -0.2) is 4.98 Å². The fourth-order valence-electron chi connectivity index (χ4n) is 3.04. The molecule has 3 rings (SSSR count). The van der Waals surface area contributed by atoms with E-state index >= 15 is 0 Å². The topological polar surface area (TPSA) is 108 Å². The number of fused-ring (bicyclic) bond motifs is 1. The Balaban J connectivity index is 1.57. The second-order valence-corrected chi connectivity index (χ2v) is 6.66. The standard InChI is InChI=1S/C20H23N5O4/c1-3-7-16(14-8-5-4-6-9-14)23-17(26)12-29-18(27)11-25-13-21-19-15(20(25)28)10-22-24(19)2/h4-6,8-10,13,16H,3,7,11-12H2,1-2H3,(H,23,26). The molecule has 1 amide bonds. The molecule has 9 heteroatoms. The number of rotatable bonds is 8. The average Bonchev–Trinajstić information content (AvgIpc) is 3.10. The molecular formula is C20H23N5O4. The molecule has 0 aliphatic heterocycles. The van der Waals surface area contributed by atoms with Gasteiger partial charge in [0.1, 0.15) is 18.3 Å². The minimum atomic E-state index is -0.695. The van der Waals surface area contributed by atoms with E-state index < -0.39 is 24.0 Å². The second-order valence-electron chi connectivity index (χ2n) is 6.66. The minimum Gasteiger partial charge on any atom is -0.454 e. The van der Waals surface area contributed by atoms with Crippen molar-refractivity contribution in [3.63, 3.8) is 0 Å². The first-order chi connectivity index (χ1) is 14.0. The molecular weight excluding hydrogens is 374 g/mol. The van der Waals surface area contributed by atoms with Gasteiger partial charge in [0.15, 0.2) is 12.3 Å². The van der Waals surface area contributed by atoms with E-state index in [0.29, 0.717) is 11.0 Å². The lowest BCUT2D eigenvalue weighted by Gasteiger charge is -2.18. The number of hydrogen-bond donors (Lipinski definition) is 1. The van der Waals surface area contributed by atoms with Gasteiger partial charge < -0.3 is 10.1 Å². The Hall–Kier alpha value is -3.49. The number of esters is 1. The number of hydrogen-bond acceptors (Lipinski definition) is 6. The van der Waals surface area contributed by atoms with Crippen LogP contribution in [-0.4, -0.2) is 37.8 Å². The molecule has 1 N–H and O–H groups in total. The Bertz CT molecular complexity index is 1060. The van der Waals surface area contributed by atoms with Gasteiger partial charge in [0.25, 0.3) is 11.5 Å². The van der Waals surface area contributed by atoms with E-state index in [0.717, 1.165) is 23.0 Å². The fourth-order valence-corrected chi connectivity index (χ4v) is 3.04. The van der Waals surface area contributed by atoms with Crippen molar-refractivity contribution in [3.8, 4) is 0 Å². The smallest absolute Gasteiger partial charge is 0.326 e. The summed E-state index contributed by atoms with van der Waals surface area (Å²) < 4.78 is 7.64. The zero-order valence-electron chi connectivity index (χ0n) is 16.4. The molecule has 152 valence electrons. The third-order valence-electron chi connectivity index (χ3n) is 4.50. The summed E-state index contributed by atoms with van der Waals surface area (Å²) in [5.41, 5.74) is 1.04. The van der Waals surface area contributed by atoms with Crippen molar-refractivity contribution in [1.29, 1.82) is 0 Å². The van der Waals surface area contributed by atoms with Crippen molar-refractivity contribution in [1.82, 2.24) is 24.6 Å². The predicted molar refractivity (Wildman–Crippen MR) is 106 cm³/mol. The zero-order valence-corrected chi connectivity index (χ0v) is 16.4. The lowest BCUT2D eigenvalue weighted by Crippen LogP contribution is -2.33. The molecule has 9 nitrogen and oxygen atoms in total. The normalized spacial score (nSPS) is 11.9. The quantitative estimate of drug-likeness (QED) is 0.575. The van der Waals surface area contributed by atoms with Crippen LogP contribution in [-0.2, 0) is 27.9 Å². The summed E-state index contributed by atoms with van der Waals surface area (Å²) in [6, 6.07) is 9.48. The first-order valence-corrected chi connectivity index (χ1v) is 9.36. The lowest BCUT2D eigenvalue weighted by atomic mass is 10.0. The third-order valence-corrected chi connectivity index (χ3v) is 4.50. The Kier molecular flexibility index (Phi) is 6.38. The van der Waals surface area contributed by atoms with Crippen LogP contribution in [0.25, 0.3) is 11.0 Å². The van der Waals surface area contributed by atoms with E-state index in [9.17, 15) is 14.4 Å². The highest BCUT2D eigenvalue weighted by molar-refractivity contribution is 5.81. The summed E-state index contributed by atoms with van der Waals surface area (Å²) >= 11 is 0. The molecule has 0 saturated carbocycles. The Morgan fingerprint density at radius 1 is 1.24 bits per heavy atom. The molecule has 29 heavy (non-hydrogen) atoms. The summed E-state index contributed by atoms with van der Waals surface area (Å²) in [7, 11) is 1.67. The van der Waals surface area contributed by atoms with Crippen LogP contribution in [0.1, 0.15) is 31.4 Å². The summed E-state index contributed by atoms with van der Waals surface area (Å²) in [6.07, 6.45) is 4.33. The van der Waals surface area contributed by atoms with Gasteiger partial charge in [0.05, 0.1) is 12.2 Å². The van der Waals surface area contributed by atoms with Gasteiger partial charge >= 0.3 is 5.97 Å². The van der Waals surface area contributed by atoms with Crippen molar-refractivity contribution < 1.29 is 14.3 Å². The van der Waals surface area contributed by atoms with E-state index in [2.05, 4.69) is 15.4 Å². The molecule has 0 bridgehead atoms. The SMILES string of the molecule is CCCC(NC(=O)COC(=O)Cn1cnc2c(cnn2C)c1=O)c1ccccc1. The molecule has 0 fully saturated rings. The van der Waals surface area contributed by atoms with Crippen LogP contribution < -0.4 is 10.9 Å². The molecule has 1 aromatic carbocycles. The summed E-state index contributed by atoms with van der Waals surface area (Å²) in [5, 5.41) is 7.17. The maximum Gasteiger partial charge on any atom is 0.326 e. The number of aryl methyl sites for hydroxylation is 1. The number of amides is 1. The summed E-state index contributed by atoms with van der Waals surface area (Å²) in [6.45, 7) is 1.29. The van der Waals surface area contributed by atoms with E-state index in [1.807, 2.05) is 37.3 Å². The molecule has 1 atom stereocenters. The first kappa shape index (κ1) is 20.2. The second kappa shape index (κ2) is 9.13. The summed E-state index contributed by atoms with van der Waals surface area (Å²) in [5.74, 6) is -1.09. The van der Waals surface area contributed by atoms with Crippen LogP contribution in [0.4, 0.5) is 0 Å². The molecule has 2 heterocycles. The van der Waals surface area contributed by atoms with Gasteiger partial charge in [-0.15, -0.1) is 0 Å². The number of benzene rings is 1. The van der Waals surface area contributed by atoms with Crippen LogP contribution in [0.2, 0.25) is 0 Å². The van der Waals surface area contributed by atoms with Gasteiger partial charge in [0, 0.05) is 7.05 Å². The number of carbonyl (C=O) groups excluding carboxylic acids is 2. The largest absolute Gasteiger partial charge is 0.454 e. The molecule has 2 aromatic heterocycles. The molecule has 0 radical (unpaired) electrons. The van der Waals surface area contributed by atoms with Crippen LogP contribution in [0.3, 0.4) is 0 Å². The molecule has 1 unspecified atom stereocenters. The van der Waals surface area contributed by atoms with Crippen LogP contribution in [0.5, 0.6) is 0 Å². The van der Waals surface area contributed by atoms with Crippen LogP contribution >= 0.6 is 0 Å². The molecule has 3 aromatic rings. The summed E-state index contributed by atoms with van der Waals surface area (Å²) in [4.78, 5) is 40.8. The number of nitrogens with one attached hydrogen (secondary N) is 1. The Morgan fingerprint density at radius 3 is 2.72 bits per heavy atom. The van der Waals surface area contributed by atoms with Crippen molar-refractivity contribution in [2.75, 3.05) is 6.61 Å². The average molecular weight is 397 g/mol. The molecule has 0 aliphatic carbocycles. The van der Waals surface area contributed by atoms with Gasteiger partial charge in [-0.2, -0.15) is 5.10 Å². The molecule has 0 spiro atoms. The first-order valence-electron chi connectivity index (χ1n) is 9.36. The highest BCUT2D eigenvalue weighted by Crippen LogP contribution is 2.17. The Labute approximate surface area is 167 Å². The monoisotopic (exact) mass is 397 g/mol. The lowest BCUT2D eigenvalue weighted by molar-refractivity contribution is -0.149. The molecule has 0 aliphatic rings. The van der Waals surface area contributed by atoms with Crippen molar-refractivity contribution >= 4 is 22.9 Å². The maximum absolute atomic E-state index is 12.4. The fraction of sp³-hybridized carbons (Fsp3) is 0.350.